The minimum atomic E-state index is -0.727. The lowest BCUT2D eigenvalue weighted by atomic mass is 10.1. The minimum Gasteiger partial charge on any atom is -0.366 e. The van der Waals surface area contributed by atoms with Gasteiger partial charge in [0, 0.05) is 17.8 Å². The van der Waals surface area contributed by atoms with Crippen LogP contribution in [-0.4, -0.2) is 21.6 Å². The summed E-state index contributed by atoms with van der Waals surface area (Å²) in [7, 11) is 0. The molecule has 0 bridgehead atoms. The maximum atomic E-state index is 13.5. The fraction of sp³-hybridized carbons (Fsp3) is 0.111. The van der Waals surface area contributed by atoms with Gasteiger partial charge in [0.05, 0.1) is 10.9 Å². The molecule has 0 aliphatic carbocycles. The lowest BCUT2D eigenvalue weighted by Crippen LogP contribution is -2.27. The first-order chi connectivity index (χ1) is 12.4. The highest BCUT2D eigenvalue weighted by atomic mass is 19.1. The van der Waals surface area contributed by atoms with Gasteiger partial charge < -0.3 is 11.1 Å². The number of amides is 2. The molecule has 1 heterocycles. The number of anilines is 1. The van der Waals surface area contributed by atoms with Crippen molar-refractivity contribution in [3.8, 4) is 0 Å². The number of fused-ring (bicyclic) bond motifs is 1. The number of carbonyl (C=O) groups excluding carboxylic acids is 2. The molecule has 0 saturated heterocycles. The van der Waals surface area contributed by atoms with E-state index in [1.807, 2.05) is 0 Å². The van der Waals surface area contributed by atoms with Crippen molar-refractivity contribution in [3.05, 3.63) is 69.8 Å². The molecule has 0 saturated carbocycles. The Morgan fingerprint density at radius 1 is 1.19 bits per heavy atom. The number of primary amides is 1. The van der Waals surface area contributed by atoms with E-state index in [4.69, 9.17) is 5.73 Å². The fourth-order valence-corrected chi connectivity index (χ4v) is 2.56. The number of aryl methyl sites for hydroxylation is 1. The highest BCUT2D eigenvalue weighted by Gasteiger charge is 2.18. The fourth-order valence-electron chi connectivity index (χ4n) is 2.56. The summed E-state index contributed by atoms with van der Waals surface area (Å²) >= 11 is 0. The van der Waals surface area contributed by atoms with Crippen LogP contribution >= 0.6 is 0 Å². The third kappa shape index (κ3) is 3.16. The van der Waals surface area contributed by atoms with Crippen molar-refractivity contribution in [1.82, 2.24) is 9.78 Å². The molecule has 1 aromatic heterocycles. The molecule has 3 rings (SSSR count). The van der Waals surface area contributed by atoms with Gasteiger partial charge in [-0.25, -0.2) is 4.39 Å². The van der Waals surface area contributed by atoms with Gasteiger partial charge in [-0.05, 0) is 49.4 Å². The van der Waals surface area contributed by atoms with E-state index >= 15 is 0 Å². The van der Waals surface area contributed by atoms with Gasteiger partial charge in [0.1, 0.15) is 5.82 Å². The smallest absolute Gasteiger partial charge is 0.280 e. The van der Waals surface area contributed by atoms with Gasteiger partial charge in [0.25, 0.3) is 5.91 Å². The van der Waals surface area contributed by atoms with Crippen molar-refractivity contribution >= 4 is 28.4 Å². The average Bonchev–Trinajstić information content (AvgIpc) is 2.62. The monoisotopic (exact) mass is 354 g/mol. The number of nitrogens with one attached hydrogen (secondary N) is 1. The van der Waals surface area contributed by atoms with E-state index in [1.54, 1.807) is 6.92 Å². The lowest BCUT2D eigenvalue weighted by molar-refractivity contribution is 0.0997. The van der Waals surface area contributed by atoms with Gasteiger partial charge in [0.2, 0.25) is 11.3 Å². The maximum Gasteiger partial charge on any atom is 0.280 e. The highest BCUT2D eigenvalue weighted by molar-refractivity contribution is 6.04. The summed E-state index contributed by atoms with van der Waals surface area (Å²) in [5.41, 5.74) is 5.26. The SMILES string of the molecule is CCn1nc(C(=O)Nc2ccc(C(N)=O)cc2)c(=O)c2cc(F)ccc21. The predicted molar refractivity (Wildman–Crippen MR) is 94.5 cm³/mol. The van der Waals surface area contributed by atoms with Gasteiger partial charge in [-0.3, -0.25) is 19.1 Å². The van der Waals surface area contributed by atoms with Gasteiger partial charge in [-0.2, -0.15) is 5.10 Å². The molecule has 0 spiro atoms. The number of nitrogens with zero attached hydrogens (tertiary/aromatic N) is 2. The number of nitrogens with two attached hydrogens (primary N) is 1. The topological polar surface area (TPSA) is 107 Å². The Morgan fingerprint density at radius 2 is 1.88 bits per heavy atom. The molecule has 26 heavy (non-hydrogen) atoms. The number of rotatable bonds is 4. The van der Waals surface area contributed by atoms with E-state index in [9.17, 15) is 18.8 Å². The van der Waals surface area contributed by atoms with Crippen LogP contribution < -0.4 is 16.5 Å². The molecule has 7 nitrogen and oxygen atoms in total. The molecule has 0 aliphatic heterocycles. The Kier molecular flexibility index (Phi) is 4.49. The molecule has 0 aliphatic rings. The zero-order valence-electron chi connectivity index (χ0n) is 13.8. The van der Waals surface area contributed by atoms with Gasteiger partial charge in [-0.1, -0.05) is 0 Å². The summed E-state index contributed by atoms with van der Waals surface area (Å²) in [6, 6.07) is 9.64. The van der Waals surface area contributed by atoms with Crippen LogP contribution in [0.3, 0.4) is 0 Å². The largest absolute Gasteiger partial charge is 0.366 e. The molecule has 2 aromatic carbocycles. The number of aromatic nitrogens is 2. The second kappa shape index (κ2) is 6.75. The van der Waals surface area contributed by atoms with Crippen LogP contribution in [0.25, 0.3) is 10.9 Å². The van der Waals surface area contributed by atoms with Crippen molar-refractivity contribution in [2.24, 2.45) is 5.73 Å². The Bertz CT molecular complexity index is 1070. The third-order valence-electron chi connectivity index (χ3n) is 3.86. The van der Waals surface area contributed by atoms with Crippen molar-refractivity contribution in [1.29, 1.82) is 0 Å². The first kappa shape index (κ1) is 17.3. The first-order valence-electron chi connectivity index (χ1n) is 7.82. The second-order valence-corrected chi connectivity index (χ2v) is 5.55. The molecule has 0 fully saturated rings. The number of hydrogen-bond donors (Lipinski definition) is 2. The van der Waals surface area contributed by atoms with Crippen LogP contribution in [0.1, 0.15) is 27.8 Å². The molecule has 3 aromatic rings. The number of carbonyl (C=O) groups is 2. The number of hydrogen-bond acceptors (Lipinski definition) is 4. The van der Waals surface area contributed by atoms with E-state index in [0.29, 0.717) is 17.7 Å². The Labute approximate surface area is 147 Å². The summed E-state index contributed by atoms with van der Waals surface area (Å²) < 4.78 is 15.0. The van der Waals surface area contributed by atoms with E-state index < -0.39 is 23.1 Å². The van der Waals surface area contributed by atoms with Crippen LogP contribution in [-0.2, 0) is 6.54 Å². The molecule has 132 valence electrons. The van der Waals surface area contributed by atoms with Crippen LogP contribution in [0, 0.1) is 5.82 Å². The predicted octanol–water partition coefficient (Wildman–Crippen LogP) is 1.91. The molecule has 3 N–H and O–H groups in total. The van der Waals surface area contributed by atoms with Crippen molar-refractivity contribution in [3.63, 3.8) is 0 Å². The summed E-state index contributed by atoms with van der Waals surface area (Å²) in [5.74, 6) is -1.89. The summed E-state index contributed by atoms with van der Waals surface area (Å²) in [4.78, 5) is 36.1. The Hall–Kier alpha value is -3.55. The minimum absolute atomic E-state index is 0.0797. The molecular formula is C18H15FN4O3. The summed E-state index contributed by atoms with van der Waals surface area (Å²) in [5, 5.41) is 6.70. The van der Waals surface area contributed by atoms with Crippen LogP contribution in [0.15, 0.2) is 47.3 Å². The van der Waals surface area contributed by atoms with Gasteiger partial charge in [0.15, 0.2) is 5.69 Å². The molecule has 0 radical (unpaired) electrons. The van der Waals surface area contributed by atoms with Crippen LogP contribution in [0.5, 0.6) is 0 Å². The highest BCUT2D eigenvalue weighted by Crippen LogP contribution is 2.14. The Balaban J connectivity index is 2.01. The first-order valence-corrected chi connectivity index (χ1v) is 7.82. The standard InChI is InChI=1S/C18H15FN4O3/c1-2-23-14-8-5-11(19)9-13(14)16(24)15(22-23)18(26)21-12-6-3-10(4-7-12)17(20)25/h3-9H,2H2,1H3,(H2,20,25)(H,21,26). The van der Waals surface area contributed by atoms with Crippen molar-refractivity contribution < 1.29 is 14.0 Å². The summed E-state index contributed by atoms with van der Waals surface area (Å²) in [6.45, 7) is 2.19. The molecule has 2 amide bonds. The van der Waals surface area contributed by atoms with E-state index in [1.165, 1.54) is 41.1 Å². The van der Waals surface area contributed by atoms with Crippen LogP contribution in [0.2, 0.25) is 0 Å². The average molecular weight is 354 g/mol. The zero-order chi connectivity index (χ0) is 18.8. The molecule has 0 unspecified atom stereocenters. The van der Waals surface area contributed by atoms with Crippen molar-refractivity contribution in [2.75, 3.05) is 5.32 Å². The normalized spacial score (nSPS) is 10.7. The van der Waals surface area contributed by atoms with E-state index in [-0.39, 0.29) is 16.6 Å². The molecule has 0 atom stereocenters. The van der Waals surface area contributed by atoms with Crippen molar-refractivity contribution in [2.45, 2.75) is 13.5 Å². The molecular weight excluding hydrogens is 339 g/mol. The molecule has 8 heteroatoms. The summed E-state index contributed by atoms with van der Waals surface area (Å²) in [6.07, 6.45) is 0. The zero-order valence-corrected chi connectivity index (χ0v) is 13.8. The lowest BCUT2D eigenvalue weighted by Gasteiger charge is -2.10. The number of halogens is 1. The Morgan fingerprint density at radius 3 is 2.50 bits per heavy atom. The quantitative estimate of drug-likeness (QED) is 0.746. The second-order valence-electron chi connectivity index (χ2n) is 5.55. The number of benzene rings is 2. The van der Waals surface area contributed by atoms with Gasteiger partial charge in [-0.15, -0.1) is 0 Å². The van der Waals surface area contributed by atoms with E-state index in [0.717, 1.165) is 6.07 Å². The third-order valence-corrected chi connectivity index (χ3v) is 3.86. The van der Waals surface area contributed by atoms with Crippen LogP contribution in [0.4, 0.5) is 10.1 Å². The maximum absolute atomic E-state index is 13.5. The van der Waals surface area contributed by atoms with Gasteiger partial charge >= 0.3 is 0 Å². The van der Waals surface area contributed by atoms with E-state index in [2.05, 4.69) is 10.4 Å².